The summed E-state index contributed by atoms with van der Waals surface area (Å²) in [6, 6.07) is 4.28. The Kier molecular flexibility index (Phi) is 2.81. The van der Waals surface area contributed by atoms with Crippen molar-refractivity contribution >= 4 is 5.97 Å². The molecule has 4 heteroatoms. The predicted octanol–water partition coefficient (Wildman–Crippen LogP) is 2.59. The van der Waals surface area contributed by atoms with Crippen LogP contribution < -0.4 is 4.74 Å². The molecule has 3 nitrogen and oxygen atoms in total. The molecule has 1 fully saturated rings. The predicted molar refractivity (Wildman–Crippen MR) is 60.7 cm³/mol. The van der Waals surface area contributed by atoms with Gasteiger partial charge < -0.3 is 9.84 Å². The molecule has 0 radical (unpaired) electrons. The number of benzene rings is 1. The van der Waals surface area contributed by atoms with Gasteiger partial charge in [-0.05, 0) is 43.4 Å². The van der Waals surface area contributed by atoms with Crippen molar-refractivity contribution in [3.8, 4) is 5.75 Å². The Hall–Kier alpha value is -1.58. The van der Waals surface area contributed by atoms with Crippen LogP contribution in [0.1, 0.15) is 25.3 Å². The quantitative estimate of drug-likeness (QED) is 0.877. The molecular weight excluding hydrogens is 223 g/mol. The van der Waals surface area contributed by atoms with Crippen LogP contribution in [0.15, 0.2) is 18.2 Å². The number of halogens is 1. The third kappa shape index (κ3) is 1.88. The molecule has 1 aromatic rings. The van der Waals surface area contributed by atoms with Crippen LogP contribution in [0, 0.1) is 11.7 Å². The van der Waals surface area contributed by atoms with E-state index in [1.807, 2.05) is 0 Å². The molecule has 2 rings (SSSR count). The van der Waals surface area contributed by atoms with E-state index in [0.717, 1.165) is 12.8 Å². The lowest BCUT2D eigenvalue weighted by Gasteiger charge is -2.25. The van der Waals surface area contributed by atoms with E-state index in [2.05, 4.69) is 0 Å². The fourth-order valence-electron chi connectivity index (χ4n) is 2.18. The number of ether oxygens (including phenoxy) is 1. The monoisotopic (exact) mass is 238 g/mol. The Labute approximate surface area is 99.2 Å². The minimum atomic E-state index is -0.943. The van der Waals surface area contributed by atoms with E-state index in [9.17, 15) is 14.3 Å². The van der Waals surface area contributed by atoms with Gasteiger partial charge in [0.15, 0.2) is 11.6 Å². The number of carbonyl (C=O) groups is 1. The summed E-state index contributed by atoms with van der Waals surface area (Å²) >= 11 is 0. The second-order valence-electron chi connectivity index (χ2n) is 4.63. The molecule has 0 spiro atoms. The number of hydrogen-bond acceptors (Lipinski definition) is 2. The van der Waals surface area contributed by atoms with E-state index in [0.29, 0.717) is 5.56 Å². The number of hydrogen-bond donors (Lipinski definition) is 1. The van der Waals surface area contributed by atoms with E-state index < -0.39 is 17.2 Å². The lowest BCUT2D eigenvalue weighted by atomic mass is 9.78. The van der Waals surface area contributed by atoms with Crippen LogP contribution >= 0.6 is 0 Å². The number of carboxylic acid groups (broad SMARTS) is 1. The fraction of sp³-hybridized carbons (Fsp3) is 0.462. The molecule has 1 aliphatic rings. The highest BCUT2D eigenvalue weighted by atomic mass is 19.1. The molecule has 0 heterocycles. The molecule has 0 aliphatic heterocycles. The summed E-state index contributed by atoms with van der Waals surface area (Å²) in [6.45, 7) is 1.69. The first-order valence-electron chi connectivity index (χ1n) is 5.57. The third-order valence-electron chi connectivity index (χ3n) is 3.59. The normalized spacial score (nSPS) is 18.5. The maximum Gasteiger partial charge on any atom is 0.314 e. The van der Waals surface area contributed by atoms with E-state index >= 15 is 0 Å². The Morgan fingerprint density at radius 2 is 2.18 bits per heavy atom. The Morgan fingerprint density at radius 1 is 1.53 bits per heavy atom. The minimum Gasteiger partial charge on any atom is -0.494 e. The summed E-state index contributed by atoms with van der Waals surface area (Å²) in [5.74, 6) is -1.11. The standard InChI is InChI=1S/C13H15FO3/c1-13(12(15)16,8-3-4-8)9-5-6-10(14)11(7-9)17-2/h5-8H,3-4H2,1-2H3,(H,15,16). The van der Waals surface area contributed by atoms with Crippen LogP contribution in [0.3, 0.4) is 0 Å². The summed E-state index contributed by atoms with van der Waals surface area (Å²) in [5, 5.41) is 9.39. The summed E-state index contributed by atoms with van der Waals surface area (Å²) in [7, 11) is 1.37. The van der Waals surface area contributed by atoms with Crippen molar-refractivity contribution in [3.05, 3.63) is 29.6 Å². The zero-order valence-corrected chi connectivity index (χ0v) is 9.87. The zero-order chi connectivity index (χ0) is 12.6. The molecule has 0 aromatic heterocycles. The fourth-order valence-corrected chi connectivity index (χ4v) is 2.18. The van der Waals surface area contributed by atoms with Gasteiger partial charge in [0.1, 0.15) is 0 Å². The molecule has 1 aliphatic carbocycles. The van der Waals surface area contributed by atoms with Gasteiger partial charge in [-0.3, -0.25) is 4.79 Å². The average molecular weight is 238 g/mol. The number of carboxylic acids is 1. The van der Waals surface area contributed by atoms with Gasteiger partial charge in [-0.1, -0.05) is 6.07 Å². The van der Waals surface area contributed by atoms with Crippen LogP contribution in [0.4, 0.5) is 4.39 Å². The maximum absolute atomic E-state index is 13.3. The zero-order valence-electron chi connectivity index (χ0n) is 9.87. The molecule has 0 amide bonds. The van der Waals surface area contributed by atoms with Crippen molar-refractivity contribution in [2.45, 2.75) is 25.2 Å². The van der Waals surface area contributed by atoms with Gasteiger partial charge in [0, 0.05) is 0 Å². The van der Waals surface area contributed by atoms with Crippen molar-refractivity contribution in [2.75, 3.05) is 7.11 Å². The van der Waals surface area contributed by atoms with Crippen molar-refractivity contribution < 1.29 is 19.0 Å². The topological polar surface area (TPSA) is 46.5 Å². The van der Waals surface area contributed by atoms with E-state index in [1.165, 1.54) is 25.3 Å². The van der Waals surface area contributed by atoms with E-state index in [1.54, 1.807) is 6.92 Å². The largest absolute Gasteiger partial charge is 0.494 e. The lowest BCUT2D eigenvalue weighted by molar-refractivity contribution is -0.144. The molecule has 1 saturated carbocycles. The van der Waals surface area contributed by atoms with Gasteiger partial charge in [-0.25, -0.2) is 4.39 Å². The van der Waals surface area contributed by atoms with Gasteiger partial charge in [0.25, 0.3) is 0 Å². The summed E-state index contributed by atoms with van der Waals surface area (Å²) in [4.78, 5) is 11.5. The highest BCUT2D eigenvalue weighted by Crippen LogP contribution is 2.48. The summed E-state index contributed by atoms with van der Waals surface area (Å²) in [6.07, 6.45) is 1.81. The highest BCUT2D eigenvalue weighted by Gasteiger charge is 2.48. The first-order valence-corrected chi connectivity index (χ1v) is 5.57. The summed E-state index contributed by atoms with van der Waals surface area (Å²) < 4.78 is 18.2. The van der Waals surface area contributed by atoms with Crippen LogP contribution in [-0.4, -0.2) is 18.2 Å². The van der Waals surface area contributed by atoms with Crippen LogP contribution in [0.25, 0.3) is 0 Å². The number of aliphatic carboxylic acids is 1. The molecule has 17 heavy (non-hydrogen) atoms. The van der Waals surface area contributed by atoms with Crippen LogP contribution in [0.2, 0.25) is 0 Å². The van der Waals surface area contributed by atoms with E-state index in [4.69, 9.17) is 4.74 Å². The molecule has 0 bridgehead atoms. The van der Waals surface area contributed by atoms with Gasteiger partial charge in [-0.2, -0.15) is 0 Å². The second-order valence-corrected chi connectivity index (χ2v) is 4.63. The Morgan fingerprint density at radius 3 is 2.65 bits per heavy atom. The average Bonchev–Trinajstić information content (AvgIpc) is 3.12. The smallest absolute Gasteiger partial charge is 0.314 e. The first-order chi connectivity index (χ1) is 8.00. The van der Waals surface area contributed by atoms with Gasteiger partial charge >= 0.3 is 5.97 Å². The van der Waals surface area contributed by atoms with Crippen LogP contribution in [0.5, 0.6) is 5.75 Å². The molecule has 92 valence electrons. The van der Waals surface area contributed by atoms with Gasteiger partial charge in [0.05, 0.1) is 12.5 Å². The molecule has 1 aromatic carbocycles. The Balaban J connectivity index is 2.47. The van der Waals surface area contributed by atoms with Crippen LogP contribution in [-0.2, 0) is 10.2 Å². The van der Waals surface area contributed by atoms with Crippen molar-refractivity contribution in [3.63, 3.8) is 0 Å². The first kappa shape index (κ1) is 11.9. The Bertz CT molecular complexity index is 454. The van der Waals surface area contributed by atoms with Gasteiger partial charge in [-0.15, -0.1) is 0 Å². The molecular formula is C13H15FO3. The lowest BCUT2D eigenvalue weighted by Crippen LogP contribution is -2.34. The molecule has 0 saturated heterocycles. The second kappa shape index (κ2) is 4.02. The SMILES string of the molecule is COc1cc(C(C)(C(=O)O)C2CC2)ccc1F. The van der Waals surface area contributed by atoms with Gasteiger partial charge in [0.2, 0.25) is 0 Å². The third-order valence-corrected chi connectivity index (χ3v) is 3.59. The van der Waals surface area contributed by atoms with Crippen molar-refractivity contribution in [1.82, 2.24) is 0 Å². The molecule has 1 atom stereocenters. The summed E-state index contributed by atoms with van der Waals surface area (Å²) in [5.41, 5.74) is -0.341. The molecule has 1 N–H and O–H groups in total. The maximum atomic E-state index is 13.3. The number of rotatable bonds is 4. The van der Waals surface area contributed by atoms with E-state index in [-0.39, 0.29) is 11.7 Å². The van der Waals surface area contributed by atoms with Crippen molar-refractivity contribution in [1.29, 1.82) is 0 Å². The highest BCUT2D eigenvalue weighted by molar-refractivity contribution is 5.82. The molecule has 1 unspecified atom stereocenters. The minimum absolute atomic E-state index is 0.0932. The number of methoxy groups -OCH3 is 1. The van der Waals surface area contributed by atoms with Crippen molar-refractivity contribution in [2.24, 2.45) is 5.92 Å².